The summed E-state index contributed by atoms with van der Waals surface area (Å²) >= 11 is 0. The van der Waals surface area contributed by atoms with Crippen molar-refractivity contribution in [3.8, 4) is 5.75 Å². The summed E-state index contributed by atoms with van der Waals surface area (Å²) in [4.78, 5) is 10.7. The van der Waals surface area contributed by atoms with Gasteiger partial charge in [0.1, 0.15) is 0 Å². The molecular weight excluding hydrogens is 218 g/mol. The highest BCUT2D eigenvalue weighted by Gasteiger charge is 2.23. The Kier molecular flexibility index (Phi) is 4.26. The van der Waals surface area contributed by atoms with Gasteiger partial charge >= 0.3 is 5.69 Å². The molecule has 91 valence electrons. The van der Waals surface area contributed by atoms with Crippen molar-refractivity contribution in [3.05, 3.63) is 53.5 Å². The molecule has 0 aliphatic rings. The van der Waals surface area contributed by atoms with Crippen molar-refractivity contribution in [2.45, 2.75) is 25.9 Å². The van der Waals surface area contributed by atoms with E-state index in [1.165, 1.54) is 0 Å². The van der Waals surface area contributed by atoms with Crippen LogP contribution in [-0.2, 0) is 0 Å². The Morgan fingerprint density at radius 1 is 1.47 bits per heavy atom. The predicted octanol–water partition coefficient (Wildman–Crippen LogP) is 3.49. The Bertz CT molecular complexity index is 427. The lowest BCUT2D eigenvalue weighted by molar-refractivity contribution is -0.386. The van der Waals surface area contributed by atoms with Gasteiger partial charge in [-0.2, -0.15) is 0 Å². The second-order valence-electron chi connectivity index (χ2n) is 3.96. The van der Waals surface area contributed by atoms with E-state index in [0.717, 1.165) is 0 Å². The van der Waals surface area contributed by atoms with E-state index in [1.807, 2.05) is 13.8 Å². The summed E-state index contributed by atoms with van der Waals surface area (Å²) in [5.41, 5.74) is 0.490. The highest BCUT2D eigenvalue weighted by Crippen LogP contribution is 2.35. The zero-order valence-electron chi connectivity index (χ0n) is 10.1. The van der Waals surface area contributed by atoms with E-state index < -0.39 is 4.92 Å². The van der Waals surface area contributed by atoms with Crippen LogP contribution >= 0.6 is 0 Å². The second kappa shape index (κ2) is 5.48. The third kappa shape index (κ3) is 3.06. The van der Waals surface area contributed by atoms with E-state index in [1.54, 1.807) is 24.3 Å². The van der Waals surface area contributed by atoms with Gasteiger partial charge in [0.25, 0.3) is 0 Å². The number of hydrogen-bond acceptors (Lipinski definition) is 3. The number of nitro benzene ring substituents is 1. The molecule has 1 atom stereocenters. The molecule has 0 spiro atoms. The molecule has 0 heterocycles. The number of rotatable bonds is 5. The molecule has 1 rings (SSSR count). The van der Waals surface area contributed by atoms with Crippen LogP contribution in [0.1, 0.15) is 25.3 Å². The normalized spacial score (nSPS) is 12.2. The molecule has 4 nitrogen and oxygen atoms in total. The summed E-state index contributed by atoms with van der Waals surface area (Å²) in [5.74, 6) is -0.0517. The van der Waals surface area contributed by atoms with Crippen LogP contribution in [-0.4, -0.2) is 11.0 Å². The predicted molar refractivity (Wildman–Crippen MR) is 67.2 cm³/mol. The minimum atomic E-state index is -0.436. The number of allylic oxidation sites excluding steroid dienone is 1. The van der Waals surface area contributed by atoms with Crippen molar-refractivity contribution in [1.29, 1.82) is 0 Å². The molecule has 1 aromatic carbocycles. The molecular formula is C13H16NO3. The fourth-order valence-electron chi connectivity index (χ4n) is 1.51. The Balaban J connectivity index is 3.31. The summed E-state index contributed by atoms with van der Waals surface area (Å²) in [6, 6.07) is 4.99. The minimum absolute atomic E-state index is 0.0268. The third-order valence-electron chi connectivity index (χ3n) is 2.26. The molecule has 0 saturated carbocycles. The number of benzene rings is 1. The van der Waals surface area contributed by atoms with Crippen LogP contribution in [0.5, 0.6) is 5.75 Å². The number of ether oxygens (including phenoxy) is 1. The van der Waals surface area contributed by atoms with E-state index in [4.69, 9.17) is 4.74 Å². The quantitative estimate of drug-likeness (QED) is 0.445. The van der Waals surface area contributed by atoms with E-state index in [-0.39, 0.29) is 23.5 Å². The maximum absolute atomic E-state index is 11.1. The maximum Gasteiger partial charge on any atom is 0.314 e. The summed E-state index contributed by atoms with van der Waals surface area (Å²) in [6.07, 6.45) is 1.46. The minimum Gasteiger partial charge on any atom is -0.484 e. The number of nitrogens with zero attached hydrogens (tertiary/aromatic N) is 1. The molecule has 0 amide bonds. The lowest BCUT2D eigenvalue weighted by Gasteiger charge is -2.13. The molecule has 1 unspecified atom stereocenters. The summed E-state index contributed by atoms with van der Waals surface area (Å²) < 4.78 is 5.44. The molecule has 4 heteroatoms. The molecule has 0 fully saturated rings. The summed E-state index contributed by atoms with van der Waals surface area (Å²) in [5, 5.41) is 11.1. The SMILES string of the molecule is [CH2]C(C=C)c1cccc(OC(C)C)c1[N+](=O)[O-]. The zero-order valence-corrected chi connectivity index (χ0v) is 10.1. The average Bonchev–Trinajstić information content (AvgIpc) is 2.26. The Morgan fingerprint density at radius 2 is 2.12 bits per heavy atom. The Morgan fingerprint density at radius 3 is 2.59 bits per heavy atom. The lowest BCUT2D eigenvalue weighted by Crippen LogP contribution is -2.09. The van der Waals surface area contributed by atoms with Crippen molar-refractivity contribution >= 4 is 5.69 Å². The van der Waals surface area contributed by atoms with Crippen LogP contribution in [0, 0.1) is 17.0 Å². The van der Waals surface area contributed by atoms with Crippen molar-refractivity contribution in [2.24, 2.45) is 0 Å². The van der Waals surface area contributed by atoms with Gasteiger partial charge in [0, 0.05) is 11.5 Å². The number of para-hydroxylation sites is 1. The van der Waals surface area contributed by atoms with Crippen LogP contribution in [0.3, 0.4) is 0 Å². The van der Waals surface area contributed by atoms with Crippen molar-refractivity contribution in [1.82, 2.24) is 0 Å². The van der Waals surface area contributed by atoms with Gasteiger partial charge in [-0.1, -0.05) is 18.2 Å². The highest BCUT2D eigenvalue weighted by atomic mass is 16.6. The van der Waals surface area contributed by atoms with Crippen LogP contribution < -0.4 is 4.74 Å². The first kappa shape index (κ1) is 13.2. The van der Waals surface area contributed by atoms with E-state index >= 15 is 0 Å². The second-order valence-corrected chi connectivity index (χ2v) is 3.96. The Hall–Kier alpha value is -1.84. The summed E-state index contributed by atoms with van der Waals surface area (Å²) in [6.45, 7) is 11.1. The van der Waals surface area contributed by atoms with E-state index in [9.17, 15) is 10.1 Å². The molecule has 0 saturated heterocycles. The first-order valence-electron chi connectivity index (χ1n) is 5.37. The zero-order chi connectivity index (χ0) is 13.0. The Labute approximate surface area is 101 Å². The van der Waals surface area contributed by atoms with Gasteiger partial charge in [0.2, 0.25) is 0 Å². The maximum atomic E-state index is 11.1. The summed E-state index contributed by atoms with van der Waals surface area (Å²) in [7, 11) is 0. The van der Waals surface area contributed by atoms with Crippen molar-refractivity contribution < 1.29 is 9.66 Å². The smallest absolute Gasteiger partial charge is 0.314 e. The molecule has 0 aliphatic heterocycles. The molecule has 0 aromatic heterocycles. The molecule has 0 aliphatic carbocycles. The van der Waals surface area contributed by atoms with Crippen molar-refractivity contribution in [3.63, 3.8) is 0 Å². The van der Waals surface area contributed by atoms with E-state index in [0.29, 0.717) is 5.56 Å². The third-order valence-corrected chi connectivity index (χ3v) is 2.26. The number of hydrogen-bond donors (Lipinski definition) is 0. The van der Waals surface area contributed by atoms with E-state index in [2.05, 4.69) is 13.5 Å². The lowest BCUT2D eigenvalue weighted by atomic mass is 9.99. The number of nitro groups is 1. The standard InChI is InChI=1S/C13H16NO3/c1-5-10(4)11-7-6-8-12(17-9(2)3)13(11)14(15)16/h5-10H,1,4H2,2-3H3. The van der Waals surface area contributed by atoms with Gasteiger partial charge < -0.3 is 4.74 Å². The van der Waals surface area contributed by atoms with Gasteiger partial charge in [0.15, 0.2) is 5.75 Å². The molecule has 0 N–H and O–H groups in total. The first-order chi connectivity index (χ1) is 7.97. The molecule has 1 aromatic rings. The molecule has 1 radical (unpaired) electrons. The van der Waals surface area contributed by atoms with Gasteiger partial charge in [-0.3, -0.25) is 10.1 Å². The molecule has 0 bridgehead atoms. The van der Waals surface area contributed by atoms with Crippen molar-refractivity contribution in [2.75, 3.05) is 0 Å². The average molecular weight is 234 g/mol. The monoisotopic (exact) mass is 234 g/mol. The van der Waals surface area contributed by atoms with Gasteiger partial charge in [-0.05, 0) is 26.8 Å². The largest absolute Gasteiger partial charge is 0.484 e. The van der Waals surface area contributed by atoms with Crippen LogP contribution in [0.2, 0.25) is 0 Å². The fraction of sp³-hybridized carbons (Fsp3) is 0.308. The van der Waals surface area contributed by atoms with Gasteiger partial charge in [-0.15, -0.1) is 6.58 Å². The van der Waals surface area contributed by atoms with Gasteiger partial charge in [-0.25, -0.2) is 0 Å². The topological polar surface area (TPSA) is 52.4 Å². The molecule has 17 heavy (non-hydrogen) atoms. The van der Waals surface area contributed by atoms with Crippen LogP contribution in [0.4, 0.5) is 5.69 Å². The first-order valence-corrected chi connectivity index (χ1v) is 5.37. The van der Waals surface area contributed by atoms with Gasteiger partial charge in [0.05, 0.1) is 11.0 Å². The highest BCUT2D eigenvalue weighted by molar-refractivity contribution is 5.55. The van der Waals surface area contributed by atoms with Crippen LogP contribution in [0.25, 0.3) is 0 Å². The fourth-order valence-corrected chi connectivity index (χ4v) is 1.51. The van der Waals surface area contributed by atoms with Crippen LogP contribution in [0.15, 0.2) is 30.9 Å².